The van der Waals surface area contributed by atoms with Crippen molar-refractivity contribution in [2.45, 2.75) is 44.9 Å². The molecule has 0 radical (unpaired) electrons. The summed E-state index contributed by atoms with van der Waals surface area (Å²) in [7, 11) is 1.30. The maximum absolute atomic E-state index is 13.5. The number of amides is 2. The lowest BCUT2D eigenvalue weighted by molar-refractivity contribution is -0.286. The van der Waals surface area contributed by atoms with Crippen molar-refractivity contribution >= 4 is 17.8 Å². The number of hydrogen-bond acceptors (Lipinski definition) is 7. The number of fused-ring (bicyclic) bond motifs is 1. The SMILES string of the molecule is CCN(CCn1cc(-c2nc(NC(=O)C3(c4ccc5c(c4)OC(F)(F)O5)CC3)ccc2C)ccc1=O)C(=O)OC. The first-order chi connectivity index (χ1) is 19.0. The molecule has 10 nitrogen and oxygen atoms in total. The maximum Gasteiger partial charge on any atom is 0.586 e. The number of carbonyl (C=O) groups excluding carboxylic acids is 2. The lowest BCUT2D eigenvalue weighted by Crippen LogP contribution is -2.35. The highest BCUT2D eigenvalue weighted by molar-refractivity contribution is 6.01. The molecular weight excluding hydrogens is 526 g/mol. The van der Waals surface area contributed by atoms with Gasteiger partial charge in [-0.15, -0.1) is 8.78 Å². The Morgan fingerprint density at radius 2 is 1.88 bits per heavy atom. The van der Waals surface area contributed by atoms with Crippen molar-refractivity contribution in [1.82, 2.24) is 14.5 Å². The van der Waals surface area contributed by atoms with Gasteiger partial charge in [0.1, 0.15) is 5.82 Å². The van der Waals surface area contributed by atoms with Gasteiger partial charge in [0.25, 0.3) is 5.56 Å². The lowest BCUT2D eigenvalue weighted by Gasteiger charge is -2.20. The molecule has 0 bridgehead atoms. The molecule has 210 valence electrons. The molecule has 2 aliphatic rings. The molecule has 1 aliphatic heterocycles. The molecule has 40 heavy (non-hydrogen) atoms. The van der Waals surface area contributed by atoms with Gasteiger partial charge < -0.3 is 29.0 Å². The van der Waals surface area contributed by atoms with Crippen LogP contribution >= 0.6 is 0 Å². The molecule has 2 amide bonds. The van der Waals surface area contributed by atoms with Gasteiger partial charge in [-0.2, -0.15) is 0 Å². The third-order valence-electron chi connectivity index (χ3n) is 7.16. The molecule has 1 N–H and O–H groups in total. The minimum atomic E-state index is -3.73. The number of hydrogen-bond donors (Lipinski definition) is 1. The number of likely N-dealkylation sites (N-methyl/N-ethyl adjacent to an activating group) is 1. The van der Waals surface area contributed by atoms with E-state index in [9.17, 15) is 23.2 Å². The van der Waals surface area contributed by atoms with Crippen LogP contribution in [0.15, 0.2) is 53.5 Å². The fraction of sp³-hybridized carbons (Fsp3) is 0.357. The van der Waals surface area contributed by atoms with Crippen LogP contribution in [0, 0.1) is 6.92 Å². The molecule has 5 rings (SSSR count). The van der Waals surface area contributed by atoms with Crippen LogP contribution < -0.4 is 20.3 Å². The van der Waals surface area contributed by atoms with Crippen LogP contribution in [0.4, 0.5) is 19.4 Å². The molecule has 3 heterocycles. The summed E-state index contributed by atoms with van der Waals surface area (Å²) in [5.41, 5.74) is 1.49. The van der Waals surface area contributed by atoms with Crippen molar-refractivity contribution in [3.63, 3.8) is 0 Å². The summed E-state index contributed by atoms with van der Waals surface area (Å²) in [5, 5.41) is 2.86. The van der Waals surface area contributed by atoms with E-state index >= 15 is 0 Å². The van der Waals surface area contributed by atoms with E-state index in [0.29, 0.717) is 42.0 Å². The summed E-state index contributed by atoms with van der Waals surface area (Å²) in [5.74, 6) is -0.192. The number of nitrogens with one attached hydrogen (secondary N) is 1. The van der Waals surface area contributed by atoms with Gasteiger partial charge in [-0.1, -0.05) is 12.1 Å². The Hall–Kier alpha value is -4.48. The highest BCUT2D eigenvalue weighted by Crippen LogP contribution is 2.52. The number of aromatic nitrogens is 2. The van der Waals surface area contributed by atoms with Crippen molar-refractivity contribution in [2.75, 3.05) is 25.5 Å². The lowest BCUT2D eigenvalue weighted by atomic mass is 9.94. The summed E-state index contributed by atoms with van der Waals surface area (Å²) in [6.07, 6.45) is -1.46. The molecular formula is C28H28F2N4O6. The average Bonchev–Trinajstić information content (AvgIpc) is 3.68. The van der Waals surface area contributed by atoms with Crippen LogP contribution in [0.1, 0.15) is 30.9 Å². The summed E-state index contributed by atoms with van der Waals surface area (Å²) >= 11 is 0. The van der Waals surface area contributed by atoms with Gasteiger partial charge in [-0.3, -0.25) is 9.59 Å². The predicted octanol–water partition coefficient (Wildman–Crippen LogP) is 4.30. The molecule has 1 aromatic carbocycles. The highest BCUT2D eigenvalue weighted by atomic mass is 19.3. The number of nitrogens with zero attached hydrogens (tertiary/aromatic N) is 3. The maximum atomic E-state index is 13.5. The quantitative estimate of drug-likeness (QED) is 0.442. The van der Waals surface area contributed by atoms with Crippen LogP contribution in [0.2, 0.25) is 0 Å². The van der Waals surface area contributed by atoms with E-state index in [2.05, 4.69) is 19.8 Å². The number of halogens is 2. The van der Waals surface area contributed by atoms with Gasteiger partial charge in [0, 0.05) is 37.5 Å². The second-order valence-corrected chi connectivity index (χ2v) is 9.73. The van der Waals surface area contributed by atoms with E-state index in [-0.39, 0.29) is 36.1 Å². The Kier molecular flexibility index (Phi) is 6.94. The number of anilines is 1. The molecule has 0 spiro atoms. The molecule has 1 aliphatic carbocycles. The normalized spacial score (nSPS) is 15.8. The number of benzene rings is 1. The summed E-state index contributed by atoms with van der Waals surface area (Å²) in [4.78, 5) is 43.9. The van der Waals surface area contributed by atoms with Gasteiger partial charge in [0.15, 0.2) is 11.5 Å². The van der Waals surface area contributed by atoms with Gasteiger partial charge in [-0.25, -0.2) is 9.78 Å². The van der Waals surface area contributed by atoms with Crippen molar-refractivity contribution < 1.29 is 32.6 Å². The molecule has 12 heteroatoms. The van der Waals surface area contributed by atoms with Gasteiger partial charge >= 0.3 is 12.4 Å². The first-order valence-corrected chi connectivity index (χ1v) is 12.8. The zero-order chi connectivity index (χ0) is 28.7. The third kappa shape index (κ3) is 5.21. The number of carbonyl (C=O) groups is 2. The Balaban J connectivity index is 1.35. The van der Waals surface area contributed by atoms with Crippen molar-refractivity contribution in [2.24, 2.45) is 0 Å². The summed E-state index contributed by atoms with van der Waals surface area (Å²) in [6, 6.07) is 11.0. The number of rotatable bonds is 8. The van der Waals surface area contributed by atoms with Gasteiger partial charge in [0.05, 0.1) is 18.2 Å². The Bertz CT molecular complexity index is 1540. The van der Waals surface area contributed by atoms with Crippen molar-refractivity contribution in [3.8, 4) is 22.8 Å². The standard InChI is InChI=1S/C28H28F2N4O6/c1-4-33(26(37)38-3)13-14-34-16-18(6-10-23(34)35)24-17(2)5-9-22(31-24)32-25(36)27(11-12-27)19-7-8-20-21(15-19)40-28(29,30)39-20/h5-10,15-16H,4,11-14H2,1-3H3,(H,31,32,36). The zero-order valence-electron chi connectivity index (χ0n) is 22.2. The summed E-state index contributed by atoms with van der Waals surface area (Å²) < 4.78 is 42.2. The monoisotopic (exact) mass is 554 g/mol. The Morgan fingerprint density at radius 1 is 1.12 bits per heavy atom. The van der Waals surface area contributed by atoms with E-state index in [4.69, 9.17) is 4.74 Å². The summed E-state index contributed by atoms with van der Waals surface area (Å²) in [6.45, 7) is 4.66. The van der Waals surface area contributed by atoms with Crippen LogP contribution in [-0.4, -0.2) is 52.9 Å². The Labute approximate surface area is 228 Å². The van der Waals surface area contributed by atoms with Crippen LogP contribution in [0.3, 0.4) is 0 Å². The average molecular weight is 555 g/mol. The molecule has 0 unspecified atom stereocenters. The van der Waals surface area contributed by atoms with E-state index in [1.54, 1.807) is 24.4 Å². The number of ether oxygens (including phenoxy) is 3. The minimum Gasteiger partial charge on any atom is -0.453 e. The van der Waals surface area contributed by atoms with Crippen molar-refractivity contribution in [1.29, 1.82) is 0 Å². The van der Waals surface area contributed by atoms with Crippen LogP contribution in [0.5, 0.6) is 11.5 Å². The first-order valence-electron chi connectivity index (χ1n) is 12.8. The number of alkyl halides is 2. The fourth-order valence-corrected chi connectivity index (χ4v) is 4.73. The fourth-order valence-electron chi connectivity index (χ4n) is 4.73. The van der Waals surface area contributed by atoms with Crippen LogP contribution in [0.25, 0.3) is 11.3 Å². The second-order valence-electron chi connectivity index (χ2n) is 9.73. The molecule has 2 aromatic heterocycles. The van der Waals surface area contributed by atoms with Crippen LogP contribution in [-0.2, 0) is 21.5 Å². The van der Waals surface area contributed by atoms with Crippen molar-refractivity contribution in [3.05, 3.63) is 70.1 Å². The van der Waals surface area contributed by atoms with E-state index in [0.717, 1.165) is 5.56 Å². The van der Waals surface area contributed by atoms with E-state index in [1.807, 2.05) is 19.9 Å². The second kappa shape index (κ2) is 10.2. The Morgan fingerprint density at radius 3 is 2.58 bits per heavy atom. The third-order valence-corrected chi connectivity index (χ3v) is 7.16. The largest absolute Gasteiger partial charge is 0.586 e. The smallest absolute Gasteiger partial charge is 0.453 e. The molecule has 0 atom stereocenters. The van der Waals surface area contributed by atoms with Gasteiger partial charge in [0.2, 0.25) is 5.91 Å². The molecule has 3 aromatic rings. The molecule has 1 saturated carbocycles. The number of pyridine rings is 2. The first kappa shape index (κ1) is 27.1. The topological polar surface area (TPSA) is 112 Å². The van der Waals surface area contributed by atoms with E-state index < -0.39 is 17.8 Å². The highest BCUT2D eigenvalue weighted by Gasteiger charge is 2.53. The molecule has 0 saturated heterocycles. The predicted molar refractivity (Wildman–Crippen MR) is 141 cm³/mol. The number of aryl methyl sites for hydroxylation is 1. The number of methoxy groups -OCH3 is 1. The zero-order valence-corrected chi connectivity index (χ0v) is 22.2. The van der Waals surface area contributed by atoms with E-state index in [1.165, 1.54) is 34.8 Å². The van der Waals surface area contributed by atoms with Gasteiger partial charge in [-0.05, 0) is 62.1 Å². The molecule has 1 fully saturated rings. The minimum absolute atomic E-state index is 0.0798.